The van der Waals surface area contributed by atoms with Crippen molar-refractivity contribution < 1.29 is 25.2 Å². The highest BCUT2D eigenvalue weighted by Crippen LogP contribution is 2.16. The van der Waals surface area contributed by atoms with E-state index >= 15 is 0 Å². The van der Waals surface area contributed by atoms with Gasteiger partial charge < -0.3 is 25.7 Å². The fourth-order valence-corrected chi connectivity index (χ4v) is 3.94. The molecule has 162 valence electrons. The Morgan fingerprint density at radius 3 is 1.78 bits per heavy atom. The second-order valence-electron chi connectivity index (χ2n) is 7.07. The molecule has 0 spiro atoms. The monoisotopic (exact) mass is 613 g/mol. The van der Waals surface area contributed by atoms with Crippen LogP contribution in [-0.4, -0.2) is 65.6 Å². The van der Waals surface area contributed by atoms with E-state index in [1.165, 1.54) is 51.4 Å². The Balaban J connectivity index is 3.82. The molecule has 0 fully saturated rings. The zero-order valence-corrected chi connectivity index (χ0v) is 20.6. The summed E-state index contributed by atoms with van der Waals surface area (Å²) < 4.78 is -0.670. The van der Waals surface area contributed by atoms with E-state index in [1.54, 1.807) is 22.6 Å². The molecule has 0 aliphatic heterocycles. The number of hydrogen-bond donors (Lipinski definition) is 5. The zero-order valence-electron chi connectivity index (χ0n) is 16.3. The lowest BCUT2D eigenvalue weighted by atomic mass is 10.0. The van der Waals surface area contributed by atoms with Crippen LogP contribution in [0.15, 0.2) is 0 Å². The van der Waals surface area contributed by atoms with E-state index < -0.39 is 28.3 Å². The average molecular weight is 613 g/mol. The molecule has 0 heterocycles. The number of aliphatic hydroxyl groups excluding tert-OH is 4. The lowest BCUT2D eigenvalue weighted by Crippen LogP contribution is -2.51. The Kier molecular flexibility index (Phi) is 18.1. The van der Waals surface area contributed by atoms with Gasteiger partial charge in [-0.25, -0.2) is 0 Å². The van der Waals surface area contributed by atoms with Crippen molar-refractivity contribution in [2.45, 2.75) is 99.5 Å². The smallest absolute Gasteiger partial charge is 0.235 e. The van der Waals surface area contributed by atoms with Gasteiger partial charge in [0.15, 0.2) is 0 Å². The molecule has 5 atom stereocenters. The first-order valence-corrected chi connectivity index (χ1v) is 12.8. The van der Waals surface area contributed by atoms with Crippen molar-refractivity contribution in [2.24, 2.45) is 0 Å². The summed E-state index contributed by atoms with van der Waals surface area (Å²) in [5.41, 5.74) is 0. The summed E-state index contributed by atoms with van der Waals surface area (Å²) in [5.74, 6) is -0.366. The number of rotatable bonds is 17. The van der Waals surface area contributed by atoms with Gasteiger partial charge in [0.25, 0.3) is 0 Å². The van der Waals surface area contributed by atoms with Crippen LogP contribution in [0, 0.1) is 0 Å². The van der Waals surface area contributed by atoms with Crippen molar-refractivity contribution in [1.82, 2.24) is 5.32 Å². The number of halogens is 2. The van der Waals surface area contributed by atoms with Gasteiger partial charge in [0.05, 0.1) is 6.10 Å². The van der Waals surface area contributed by atoms with E-state index in [0.29, 0.717) is 6.54 Å². The van der Waals surface area contributed by atoms with Crippen LogP contribution in [0.4, 0.5) is 0 Å². The third kappa shape index (κ3) is 12.8. The number of carbonyl (C=O) groups is 1. The van der Waals surface area contributed by atoms with Crippen LogP contribution >= 0.6 is 45.2 Å². The van der Waals surface area contributed by atoms with Crippen LogP contribution in [0.2, 0.25) is 0 Å². The SMILES string of the molecule is CCCCCCCCCCCCNC(=O)C(I)C(O)C(O)C(O)C(O)CI. The van der Waals surface area contributed by atoms with Gasteiger partial charge in [0, 0.05) is 11.0 Å². The number of nitrogens with one attached hydrogen (secondary N) is 1. The van der Waals surface area contributed by atoms with Crippen molar-refractivity contribution in [1.29, 1.82) is 0 Å². The molecule has 5 unspecified atom stereocenters. The highest BCUT2D eigenvalue weighted by molar-refractivity contribution is 14.1. The average Bonchev–Trinajstić information content (AvgIpc) is 2.68. The van der Waals surface area contributed by atoms with Crippen LogP contribution in [0.3, 0.4) is 0 Å². The van der Waals surface area contributed by atoms with E-state index in [4.69, 9.17) is 0 Å². The fourth-order valence-electron chi connectivity index (χ4n) is 2.77. The van der Waals surface area contributed by atoms with Gasteiger partial charge in [-0.15, -0.1) is 0 Å². The number of hydrogen-bond acceptors (Lipinski definition) is 5. The van der Waals surface area contributed by atoms with Crippen molar-refractivity contribution in [2.75, 3.05) is 11.0 Å². The van der Waals surface area contributed by atoms with Gasteiger partial charge in [-0.05, 0) is 6.42 Å². The summed E-state index contributed by atoms with van der Waals surface area (Å²) in [6.07, 6.45) is 6.59. The van der Waals surface area contributed by atoms with Crippen LogP contribution in [0.1, 0.15) is 71.1 Å². The highest BCUT2D eigenvalue weighted by atomic mass is 127. The molecule has 8 heteroatoms. The normalized spacial score (nSPS) is 17.1. The molecule has 0 rings (SSSR count). The minimum Gasteiger partial charge on any atom is -0.390 e. The number of amides is 1. The lowest BCUT2D eigenvalue weighted by molar-refractivity contribution is -0.128. The van der Waals surface area contributed by atoms with E-state index in [9.17, 15) is 25.2 Å². The van der Waals surface area contributed by atoms with Crippen LogP contribution in [-0.2, 0) is 4.79 Å². The number of unbranched alkanes of at least 4 members (excludes halogenated alkanes) is 9. The topological polar surface area (TPSA) is 110 Å². The van der Waals surface area contributed by atoms with Gasteiger partial charge in [-0.3, -0.25) is 4.79 Å². The summed E-state index contributed by atoms with van der Waals surface area (Å²) in [6.45, 7) is 2.76. The molecule has 6 nitrogen and oxygen atoms in total. The highest BCUT2D eigenvalue weighted by Gasteiger charge is 2.36. The molecule has 0 aliphatic rings. The zero-order chi connectivity index (χ0) is 20.7. The molecule has 0 aromatic rings. The first-order valence-electron chi connectivity index (χ1n) is 10.1. The van der Waals surface area contributed by atoms with Crippen molar-refractivity contribution in [3.63, 3.8) is 0 Å². The van der Waals surface area contributed by atoms with Crippen LogP contribution in [0.25, 0.3) is 0 Å². The standard InChI is InChI=1S/C19H37I2NO5/c1-2-3-4-5-6-7-8-9-10-11-12-22-19(27)15(21)17(25)18(26)16(24)14(23)13-20/h14-18,23-26H,2-13H2,1H3,(H,22,27). The molecule has 27 heavy (non-hydrogen) atoms. The molecule has 0 aromatic carbocycles. The molecular formula is C19H37I2NO5. The fraction of sp³-hybridized carbons (Fsp3) is 0.947. The third-order valence-corrected chi connectivity index (χ3v) is 6.84. The number of alkyl halides is 2. The maximum Gasteiger partial charge on any atom is 0.235 e. The van der Waals surface area contributed by atoms with Gasteiger partial charge >= 0.3 is 0 Å². The van der Waals surface area contributed by atoms with Crippen molar-refractivity contribution in [3.05, 3.63) is 0 Å². The van der Waals surface area contributed by atoms with Crippen molar-refractivity contribution in [3.8, 4) is 0 Å². The van der Waals surface area contributed by atoms with E-state index in [0.717, 1.165) is 12.8 Å². The second kappa shape index (κ2) is 17.6. The predicted molar refractivity (Wildman–Crippen MR) is 126 cm³/mol. The Hall–Kier alpha value is 0.770. The van der Waals surface area contributed by atoms with Crippen molar-refractivity contribution >= 4 is 51.1 Å². The third-order valence-electron chi connectivity index (χ3n) is 4.63. The number of aliphatic hydroxyl groups is 4. The molecule has 0 aromatic heterocycles. The Morgan fingerprint density at radius 2 is 1.30 bits per heavy atom. The summed E-state index contributed by atoms with van der Waals surface area (Å²) in [7, 11) is 0. The molecule has 5 N–H and O–H groups in total. The molecule has 1 amide bonds. The maximum atomic E-state index is 12.1. The van der Waals surface area contributed by atoms with Crippen LogP contribution in [0.5, 0.6) is 0 Å². The first kappa shape index (κ1) is 27.8. The van der Waals surface area contributed by atoms with Gasteiger partial charge in [-0.2, -0.15) is 0 Å². The first-order chi connectivity index (χ1) is 12.9. The van der Waals surface area contributed by atoms with E-state index in [1.807, 2.05) is 22.6 Å². The van der Waals surface area contributed by atoms with Gasteiger partial charge in [-0.1, -0.05) is 110 Å². The van der Waals surface area contributed by atoms with E-state index in [-0.39, 0.29) is 10.3 Å². The molecule has 0 saturated heterocycles. The summed E-state index contributed by atoms with van der Waals surface area (Å²) in [6, 6.07) is 0. The molecule has 0 saturated carbocycles. The van der Waals surface area contributed by atoms with Crippen LogP contribution < -0.4 is 5.32 Å². The minimum atomic E-state index is -1.57. The Labute approximate surface area is 191 Å². The second-order valence-corrected chi connectivity index (χ2v) is 9.29. The summed E-state index contributed by atoms with van der Waals surface area (Å²) in [5, 5.41) is 42.1. The van der Waals surface area contributed by atoms with Gasteiger partial charge in [0.1, 0.15) is 22.2 Å². The summed E-state index contributed by atoms with van der Waals surface area (Å²) >= 11 is 3.63. The maximum absolute atomic E-state index is 12.1. The minimum absolute atomic E-state index is 0.222. The largest absolute Gasteiger partial charge is 0.390 e. The Morgan fingerprint density at radius 1 is 0.815 bits per heavy atom. The van der Waals surface area contributed by atoms with Gasteiger partial charge in [0.2, 0.25) is 5.91 Å². The molecule has 0 bridgehead atoms. The summed E-state index contributed by atoms with van der Waals surface area (Å²) in [4.78, 5) is 12.1. The number of carbonyl (C=O) groups excluding carboxylic acids is 1. The quantitative estimate of drug-likeness (QED) is 0.0986. The molecule has 0 aliphatic carbocycles. The Bertz CT molecular complexity index is 376. The predicted octanol–water partition coefficient (Wildman–Crippen LogP) is 2.71. The molecule has 0 radical (unpaired) electrons. The van der Waals surface area contributed by atoms with E-state index in [2.05, 4.69) is 12.2 Å². The molecular weight excluding hydrogens is 576 g/mol. The lowest BCUT2D eigenvalue weighted by Gasteiger charge is -2.28.